The molecule has 2 rings (SSSR count). The molecule has 0 radical (unpaired) electrons. The average Bonchev–Trinajstić information content (AvgIpc) is 2.41. The topological polar surface area (TPSA) is 29.1 Å². The van der Waals surface area contributed by atoms with Gasteiger partial charge in [-0.2, -0.15) is 0 Å². The second-order valence-electron chi connectivity index (χ2n) is 5.85. The highest BCUT2D eigenvalue weighted by Gasteiger charge is 2.19. The molecule has 1 aromatic rings. The van der Waals surface area contributed by atoms with E-state index >= 15 is 0 Å². The maximum Gasteiger partial charge on any atom is 0.254 e. The van der Waals surface area contributed by atoms with Crippen LogP contribution in [-0.4, -0.2) is 12.5 Å². The summed E-state index contributed by atoms with van der Waals surface area (Å²) >= 11 is 4.13. The third-order valence-electron chi connectivity index (χ3n) is 4.08. The van der Waals surface area contributed by atoms with Crippen LogP contribution in [0.1, 0.15) is 49.4 Å². The fraction of sp³-hybridized carbons (Fsp3) is 0.562. The van der Waals surface area contributed by atoms with Gasteiger partial charge in [-0.3, -0.25) is 4.79 Å². The molecule has 2 nitrogen and oxygen atoms in total. The summed E-state index contributed by atoms with van der Waals surface area (Å²) in [4.78, 5) is 12.5. The van der Waals surface area contributed by atoms with Crippen molar-refractivity contribution in [2.75, 3.05) is 6.54 Å². The molecule has 0 aliphatic heterocycles. The SMILES string of the molecule is CC1CCCC(CCNC(=O)c2cc(S)ccc2F)C1. The van der Waals surface area contributed by atoms with E-state index in [0.717, 1.165) is 12.3 Å². The second-order valence-corrected chi connectivity index (χ2v) is 6.36. The molecule has 1 N–H and O–H groups in total. The second kappa shape index (κ2) is 7.11. The molecule has 0 saturated heterocycles. The molecule has 1 aliphatic rings. The third-order valence-corrected chi connectivity index (χ3v) is 4.36. The Morgan fingerprint density at radius 1 is 1.45 bits per heavy atom. The molecule has 0 aromatic heterocycles. The Balaban J connectivity index is 1.81. The normalized spacial score (nSPS) is 22.6. The monoisotopic (exact) mass is 295 g/mol. The Labute approximate surface area is 125 Å². The zero-order chi connectivity index (χ0) is 14.5. The first-order chi connectivity index (χ1) is 9.56. The van der Waals surface area contributed by atoms with Gasteiger partial charge < -0.3 is 5.32 Å². The Hall–Kier alpha value is -1.03. The molecular formula is C16H22FNOS. The van der Waals surface area contributed by atoms with Crippen molar-refractivity contribution < 1.29 is 9.18 Å². The number of hydrogen-bond acceptors (Lipinski definition) is 2. The summed E-state index contributed by atoms with van der Waals surface area (Å²) in [5.41, 5.74) is 0.0783. The van der Waals surface area contributed by atoms with E-state index < -0.39 is 5.82 Å². The summed E-state index contributed by atoms with van der Waals surface area (Å²) in [5, 5.41) is 2.82. The van der Waals surface area contributed by atoms with Gasteiger partial charge in [0.1, 0.15) is 5.82 Å². The van der Waals surface area contributed by atoms with Gasteiger partial charge in [-0.1, -0.05) is 26.2 Å². The summed E-state index contributed by atoms with van der Waals surface area (Å²) in [7, 11) is 0. The van der Waals surface area contributed by atoms with E-state index in [0.29, 0.717) is 17.4 Å². The van der Waals surface area contributed by atoms with E-state index in [1.54, 1.807) is 6.07 Å². The Morgan fingerprint density at radius 2 is 2.25 bits per heavy atom. The summed E-state index contributed by atoms with van der Waals surface area (Å²) < 4.78 is 13.6. The van der Waals surface area contributed by atoms with Crippen molar-refractivity contribution in [3.63, 3.8) is 0 Å². The van der Waals surface area contributed by atoms with E-state index in [1.165, 1.54) is 37.8 Å². The van der Waals surface area contributed by atoms with Crippen LogP contribution in [0.3, 0.4) is 0 Å². The molecule has 1 aliphatic carbocycles. The van der Waals surface area contributed by atoms with Crippen molar-refractivity contribution in [3.05, 3.63) is 29.6 Å². The number of hydrogen-bond donors (Lipinski definition) is 2. The van der Waals surface area contributed by atoms with E-state index in [-0.39, 0.29) is 11.5 Å². The number of carbonyl (C=O) groups excluding carboxylic acids is 1. The quantitative estimate of drug-likeness (QED) is 0.806. The number of halogens is 1. The predicted octanol–water partition coefficient (Wildman–Crippen LogP) is 4.06. The standard InChI is InChI=1S/C16H22FNOS/c1-11-3-2-4-12(9-11)7-8-18-16(19)14-10-13(20)5-6-15(14)17/h5-6,10-12,20H,2-4,7-9H2,1H3,(H,18,19). The number of carbonyl (C=O) groups is 1. The first kappa shape index (κ1) is 15.4. The van der Waals surface area contributed by atoms with Gasteiger partial charge in [0.2, 0.25) is 0 Å². The number of amides is 1. The molecule has 4 heteroatoms. The number of rotatable bonds is 4. The smallest absolute Gasteiger partial charge is 0.254 e. The molecule has 1 saturated carbocycles. The van der Waals surface area contributed by atoms with Crippen molar-refractivity contribution in [2.45, 2.75) is 43.9 Å². The van der Waals surface area contributed by atoms with E-state index in [1.807, 2.05) is 0 Å². The fourth-order valence-electron chi connectivity index (χ4n) is 2.99. The summed E-state index contributed by atoms with van der Waals surface area (Å²) in [5.74, 6) is 0.650. The third kappa shape index (κ3) is 4.23. The van der Waals surface area contributed by atoms with Gasteiger partial charge in [-0.15, -0.1) is 12.6 Å². The van der Waals surface area contributed by atoms with Gasteiger partial charge in [0.15, 0.2) is 0 Å². The molecular weight excluding hydrogens is 273 g/mol. The number of benzene rings is 1. The van der Waals surface area contributed by atoms with Gasteiger partial charge in [0.25, 0.3) is 5.91 Å². The lowest BCUT2D eigenvalue weighted by Crippen LogP contribution is -2.27. The van der Waals surface area contributed by atoms with Crippen LogP contribution in [0, 0.1) is 17.7 Å². The largest absolute Gasteiger partial charge is 0.352 e. The molecule has 20 heavy (non-hydrogen) atoms. The Morgan fingerprint density at radius 3 is 3.00 bits per heavy atom. The van der Waals surface area contributed by atoms with Gasteiger partial charge in [0.05, 0.1) is 5.56 Å². The predicted molar refractivity (Wildman–Crippen MR) is 81.7 cm³/mol. The van der Waals surface area contributed by atoms with Crippen LogP contribution in [0.25, 0.3) is 0 Å². The zero-order valence-electron chi connectivity index (χ0n) is 11.9. The molecule has 0 heterocycles. The van der Waals surface area contributed by atoms with Crippen LogP contribution in [0.2, 0.25) is 0 Å². The lowest BCUT2D eigenvalue weighted by atomic mass is 9.81. The molecule has 110 valence electrons. The first-order valence-electron chi connectivity index (χ1n) is 7.33. The highest BCUT2D eigenvalue weighted by atomic mass is 32.1. The minimum Gasteiger partial charge on any atom is -0.352 e. The van der Waals surface area contributed by atoms with Crippen LogP contribution >= 0.6 is 12.6 Å². The van der Waals surface area contributed by atoms with Crippen LogP contribution in [0.5, 0.6) is 0 Å². The van der Waals surface area contributed by atoms with Crippen LogP contribution in [0.4, 0.5) is 4.39 Å². The lowest BCUT2D eigenvalue weighted by molar-refractivity contribution is 0.0945. The zero-order valence-corrected chi connectivity index (χ0v) is 12.8. The molecule has 2 unspecified atom stereocenters. The van der Waals surface area contributed by atoms with Crippen molar-refractivity contribution in [1.29, 1.82) is 0 Å². The molecule has 2 atom stereocenters. The number of nitrogens with one attached hydrogen (secondary N) is 1. The van der Waals surface area contributed by atoms with Gasteiger partial charge in [0, 0.05) is 11.4 Å². The van der Waals surface area contributed by atoms with Crippen LogP contribution in [-0.2, 0) is 0 Å². The van der Waals surface area contributed by atoms with Crippen molar-refractivity contribution in [3.8, 4) is 0 Å². The average molecular weight is 295 g/mol. The number of thiol groups is 1. The summed E-state index contributed by atoms with van der Waals surface area (Å²) in [6, 6.07) is 4.29. The van der Waals surface area contributed by atoms with Gasteiger partial charge in [-0.25, -0.2) is 4.39 Å². The van der Waals surface area contributed by atoms with E-state index in [2.05, 4.69) is 24.9 Å². The lowest BCUT2D eigenvalue weighted by Gasteiger charge is -2.26. The minimum absolute atomic E-state index is 0.0783. The van der Waals surface area contributed by atoms with Crippen LogP contribution < -0.4 is 5.32 Å². The van der Waals surface area contributed by atoms with Crippen molar-refractivity contribution in [1.82, 2.24) is 5.32 Å². The fourth-order valence-corrected chi connectivity index (χ4v) is 3.20. The van der Waals surface area contributed by atoms with Crippen molar-refractivity contribution in [2.24, 2.45) is 11.8 Å². The van der Waals surface area contributed by atoms with Gasteiger partial charge >= 0.3 is 0 Å². The first-order valence-corrected chi connectivity index (χ1v) is 7.77. The molecule has 1 fully saturated rings. The minimum atomic E-state index is -0.494. The van der Waals surface area contributed by atoms with Crippen LogP contribution in [0.15, 0.2) is 23.1 Å². The Bertz CT molecular complexity index is 478. The maximum absolute atomic E-state index is 13.6. The highest BCUT2D eigenvalue weighted by molar-refractivity contribution is 7.80. The Kier molecular flexibility index (Phi) is 5.46. The molecule has 1 amide bonds. The van der Waals surface area contributed by atoms with Crippen molar-refractivity contribution >= 4 is 18.5 Å². The van der Waals surface area contributed by atoms with Gasteiger partial charge in [-0.05, 0) is 42.9 Å². The maximum atomic E-state index is 13.6. The molecule has 1 aromatic carbocycles. The molecule has 0 spiro atoms. The van der Waals surface area contributed by atoms with E-state index in [4.69, 9.17) is 0 Å². The summed E-state index contributed by atoms with van der Waals surface area (Å²) in [6.45, 7) is 2.91. The molecule has 0 bridgehead atoms. The highest BCUT2D eigenvalue weighted by Crippen LogP contribution is 2.30. The summed E-state index contributed by atoms with van der Waals surface area (Å²) in [6.07, 6.45) is 6.09. The van der Waals surface area contributed by atoms with E-state index in [9.17, 15) is 9.18 Å².